The standard InChI is InChI=1S/C24H27N7/c1-14-8-17-10-16(4-5-21(17)25-14)22-6-7-23(28-27-22)26-24-19-12-31(13-20(19)24)11-18-9-15(2)30(3)29-18/h4-10,19-20,24-25H,11-13H2,1-3H3,(H,26,28). The summed E-state index contributed by atoms with van der Waals surface area (Å²) in [6.45, 7) is 7.37. The van der Waals surface area contributed by atoms with Crippen LogP contribution in [0.3, 0.4) is 0 Å². The van der Waals surface area contributed by atoms with Crippen LogP contribution in [0.4, 0.5) is 5.82 Å². The smallest absolute Gasteiger partial charge is 0.148 e. The first kappa shape index (κ1) is 18.6. The molecule has 2 aliphatic rings. The first-order valence-corrected chi connectivity index (χ1v) is 11.0. The summed E-state index contributed by atoms with van der Waals surface area (Å²) in [5.41, 5.74) is 6.69. The molecule has 3 aromatic heterocycles. The molecule has 0 bridgehead atoms. The van der Waals surface area contributed by atoms with E-state index in [4.69, 9.17) is 0 Å². The van der Waals surface area contributed by atoms with Crippen LogP contribution in [0.2, 0.25) is 0 Å². The number of likely N-dealkylation sites (tertiary alicyclic amines) is 1. The molecule has 2 unspecified atom stereocenters. The molecule has 31 heavy (non-hydrogen) atoms. The number of aromatic nitrogens is 5. The van der Waals surface area contributed by atoms with Gasteiger partial charge < -0.3 is 10.3 Å². The first-order valence-electron chi connectivity index (χ1n) is 11.0. The maximum absolute atomic E-state index is 4.59. The van der Waals surface area contributed by atoms with Crippen molar-refractivity contribution in [2.24, 2.45) is 18.9 Å². The first-order chi connectivity index (χ1) is 15.0. The molecule has 2 atom stereocenters. The minimum absolute atomic E-state index is 0.515. The highest BCUT2D eigenvalue weighted by molar-refractivity contribution is 5.85. The molecule has 1 aliphatic heterocycles. The molecule has 0 spiro atoms. The number of fused-ring (bicyclic) bond motifs is 2. The molecule has 1 saturated heterocycles. The predicted octanol–water partition coefficient (Wildman–Crippen LogP) is 3.52. The highest BCUT2D eigenvalue weighted by atomic mass is 15.3. The van der Waals surface area contributed by atoms with Crippen molar-refractivity contribution in [1.82, 2.24) is 29.9 Å². The van der Waals surface area contributed by atoms with E-state index in [1.165, 1.54) is 22.5 Å². The Labute approximate surface area is 181 Å². The van der Waals surface area contributed by atoms with Crippen molar-refractivity contribution >= 4 is 16.7 Å². The van der Waals surface area contributed by atoms with Crippen molar-refractivity contribution in [3.63, 3.8) is 0 Å². The third-order valence-electron chi connectivity index (χ3n) is 6.85. The minimum Gasteiger partial charge on any atom is -0.365 e. The molecule has 2 N–H and O–H groups in total. The highest BCUT2D eigenvalue weighted by Crippen LogP contribution is 2.47. The molecule has 1 aliphatic carbocycles. The van der Waals surface area contributed by atoms with Crippen molar-refractivity contribution in [2.45, 2.75) is 26.4 Å². The minimum atomic E-state index is 0.515. The van der Waals surface area contributed by atoms with Crippen LogP contribution in [0.15, 0.2) is 42.5 Å². The van der Waals surface area contributed by atoms with Crippen LogP contribution in [-0.4, -0.2) is 49.0 Å². The van der Waals surface area contributed by atoms with Crippen LogP contribution in [0, 0.1) is 25.7 Å². The Kier molecular flexibility index (Phi) is 4.14. The zero-order valence-corrected chi connectivity index (χ0v) is 18.1. The van der Waals surface area contributed by atoms with Crippen molar-refractivity contribution in [2.75, 3.05) is 18.4 Å². The zero-order chi connectivity index (χ0) is 21.1. The summed E-state index contributed by atoms with van der Waals surface area (Å²) in [7, 11) is 2.01. The Morgan fingerprint density at radius 3 is 2.58 bits per heavy atom. The van der Waals surface area contributed by atoms with E-state index in [0.717, 1.165) is 42.2 Å². The number of hydrogen-bond donors (Lipinski definition) is 2. The maximum atomic E-state index is 4.59. The van der Waals surface area contributed by atoms with Gasteiger partial charge in [-0.05, 0) is 62.1 Å². The second-order valence-corrected chi connectivity index (χ2v) is 9.15. The topological polar surface area (TPSA) is 74.7 Å². The molecule has 7 nitrogen and oxygen atoms in total. The van der Waals surface area contributed by atoms with Crippen LogP contribution < -0.4 is 5.32 Å². The van der Waals surface area contributed by atoms with E-state index in [9.17, 15) is 0 Å². The second kappa shape index (κ2) is 6.92. The van der Waals surface area contributed by atoms with E-state index in [1.807, 2.05) is 11.7 Å². The van der Waals surface area contributed by atoms with E-state index in [-0.39, 0.29) is 0 Å². The number of aryl methyl sites for hydroxylation is 3. The number of rotatable bonds is 5. The van der Waals surface area contributed by atoms with Crippen molar-refractivity contribution in [3.05, 3.63) is 59.5 Å². The molecule has 4 aromatic rings. The van der Waals surface area contributed by atoms with Gasteiger partial charge in [-0.3, -0.25) is 9.58 Å². The normalized spacial score (nSPS) is 22.7. The van der Waals surface area contributed by atoms with Crippen molar-refractivity contribution in [1.29, 1.82) is 0 Å². The average molecular weight is 414 g/mol. The van der Waals surface area contributed by atoms with Gasteiger partial charge in [0.15, 0.2) is 0 Å². The summed E-state index contributed by atoms with van der Waals surface area (Å²) >= 11 is 0. The third kappa shape index (κ3) is 3.39. The lowest BCUT2D eigenvalue weighted by atomic mass is 10.1. The van der Waals surface area contributed by atoms with E-state index >= 15 is 0 Å². The predicted molar refractivity (Wildman–Crippen MR) is 122 cm³/mol. The maximum Gasteiger partial charge on any atom is 0.148 e. The molecule has 2 fully saturated rings. The lowest BCUT2D eigenvalue weighted by Gasteiger charge is -2.18. The fourth-order valence-electron chi connectivity index (χ4n) is 5.07. The Balaban J connectivity index is 1.07. The molecule has 0 amide bonds. The number of piperidine rings is 1. The van der Waals surface area contributed by atoms with Gasteiger partial charge >= 0.3 is 0 Å². The van der Waals surface area contributed by atoms with Crippen LogP contribution in [0.5, 0.6) is 0 Å². The summed E-state index contributed by atoms with van der Waals surface area (Å²) in [6.07, 6.45) is 0. The van der Waals surface area contributed by atoms with Crippen LogP contribution in [0.1, 0.15) is 17.1 Å². The van der Waals surface area contributed by atoms with Crippen LogP contribution in [0.25, 0.3) is 22.2 Å². The van der Waals surface area contributed by atoms with Crippen LogP contribution >= 0.6 is 0 Å². The van der Waals surface area contributed by atoms with Gasteiger partial charge in [-0.2, -0.15) is 5.10 Å². The largest absolute Gasteiger partial charge is 0.365 e. The number of H-pyrrole nitrogens is 1. The molecular formula is C24H27N7. The van der Waals surface area contributed by atoms with Crippen molar-refractivity contribution < 1.29 is 0 Å². The number of nitrogens with zero attached hydrogens (tertiary/aromatic N) is 5. The van der Waals surface area contributed by atoms with Gasteiger partial charge in [-0.25, -0.2) is 0 Å². The number of anilines is 1. The molecule has 1 aromatic carbocycles. The highest BCUT2D eigenvalue weighted by Gasteiger charge is 2.55. The summed E-state index contributed by atoms with van der Waals surface area (Å²) in [4.78, 5) is 5.88. The number of nitrogens with one attached hydrogen (secondary N) is 2. The molecule has 158 valence electrons. The Bertz CT molecular complexity index is 1220. The Morgan fingerprint density at radius 2 is 1.87 bits per heavy atom. The number of hydrogen-bond acceptors (Lipinski definition) is 5. The fraction of sp³-hybridized carbons (Fsp3) is 0.375. The molecule has 0 radical (unpaired) electrons. The van der Waals surface area contributed by atoms with Gasteiger partial charge in [0.1, 0.15) is 5.82 Å². The summed E-state index contributed by atoms with van der Waals surface area (Å²) < 4.78 is 1.95. The number of benzene rings is 1. The molecule has 4 heterocycles. The van der Waals surface area contributed by atoms with E-state index < -0.39 is 0 Å². The van der Waals surface area contributed by atoms with Crippen molar-refractivity contribution in [3.8, 4) is 11.3 Å². The third-order valence-corrected chi connectivity index (χ3v) is 6.85. The SMILES string of the molecule is Cc1cc2cc(-c3ccc(NC4C5CN(Cc6cc(C)n(C)n6)CC54)nn3)ccc2[nH]1. The average Bonchev–Trinajstić information content (AvgIpc) is 3.10. The number of aromatic amines is 1. The molecule has 7 heteroatoms. The summed E-state index contributed by atoms with van der Waals surface area (Å²) in [5.74, 6) is 2.27. The molecule has 6 rings (SSSR count). The van der Waals surface area contributed by atoms with E-state index in [1.54, 1.807) is 0 Å². The lowest BCUT2D eigenvalue weighted by Crippen LogP contribution is -2.28. The summed E-state index contributed by atoms with van der Waals surface area (Å²) in [6, 6.07) is 15.3. The zero-order valence-electron chi connectivity index (χ0n) is 18.1. The molecular weight excluding hydrogens is 386 g/mol. The lowest BCUT2D eigenvalue weighted by molar-refractivity contribution is 0.288. The Morgan fingerprint density at radius 1 is 1.03 bits per heavy atom. The fourth-order valence-corrected chi connectivity index (χ4v) is 5.07. The Hall–Kier alpha value is -3.19. The van der Waals surface area contributed by atoms with Gasteiger partial charge in [0.25, 0.3) is 0 Å². The van der Waals surface area contributed by atoms with Gasteiger partial charge in [0, 0.05) is 60.6 Å². The van der Waals surface area contributed by atoms with E-state index in [0.29, 0.717) is 17.9 Å². The van der Waals surface area contributed by atoms with Gasteiger partial charge in [-0.1, -0.05) is 6.07 Å². The monoisotopic (exact) mass is 413 g/mol. The summed E-state index contributed by atoms with van der Waals surface area (Å²) in [5, 5.41) is 18.3. The van der Waals surface area contributed by atoms with Gasteiger partial charge in [0.05, 0.1) is 11.4 Å². The van der Waals surface area contributed by atoms with E-state index in [2.05, 4.69) is 86.8 Å². The quantitative estimate of drug-likeness (QED) is 0.524. The van der Waals surface area contributed by atoms with Gasteiger partial charge in [0.2, 0.25) is 0 Å². The second-order valence-electron chi connectivity index (χ2n) is 9.15. The van der Waals surface area contributed by atoms with Crippen LogP contribution in [-0.2, 0) is 13.6 Å². The van der Waals surface area contributed by atoms with Gasteiger partial charge in [-0.15, -0.1) is 10.2 Å². The molecule has 1 saturated carbocycles.